The number of rotatable bonds is 6. The summed E-state index contributed by atoms with van der Waals surface area (Å²) >= 11 is 3.70. The van der Waals surface area contributed by atoms with Gasteiger partial charge in [-0.3, -0.25) is 0 Å². The molecule has 0 saturated carbocycles. The quantitative estimate of drug-likeness (QED) is 0.528. The molecule has 0 amide bonds. The van der Waals surface area contributed by atoms with E-state index in [1.807, 2.05) is 35.7 Å². The van der Waals surface area contributed by atoms with Gasteiger partial charge < -0.3 is 0 Å². The minimum absolute atomic E-state index is 0.990. The van der Waals surface area contributed by atoms with Crippen LogP contribution in [0.25, 0.3) is 0 Å². The molecule has 0 aromatic heterocycles. The normalized spacial score (nSPS) is 10.2. The van der Waals surface area contributed by atoms with Crippen molar-refractivity contribution >= 4 is 23.5 Å². The van der Waals surface area contributed by atoms with Crippen molar-refractivity contribution in [2.75, 3.05) is 11.5 Å². The smallest absolute Gasteiger partial charge is 0.0196 e. The first kappa shape index (κ1) is 13.3. The van der Waals surface area contributed by atoms with E-state index in [0.717, 1.165) is 11.5 Å². The van der Waals surface area contributed by atoms with E-state index in [1.54, 1.807) is 0 Å². The highest BCUT2D eigenvalue weighted by molar-refractivity contribution is 8.00. The maximum absolute atomic E-state index is 4.14. The summed E-state index contributed by atoms with van der Waals surface area (Å²) in [6, 6.07) is 20.9. The first-order valence-electron chi connectivity index (χ1n) is 5.87. The van der Waals surface area contributed by atoms with Gasteiger partial charge in [-0.2, -0.15) is 0 Å². The van der Waals surface area contributed by atoms with E-state index in [2.05, 4.69) is 55.1 Å². The molecule has 2 aromatic carbocycles. The molecule has 0 saturated heterocycles. The molecule has 0 unspecified atom stereocenters. The van der Waals surface area contributed by atoms with Gasteiger partial charge in [-0.15, -0.1) is 23.5 Å². The van der Waals surface area contributed by atoms with Crippen molar-refractivity contribution in [1.82, 2.24) is 0 Å². The van der Waals surface area contributed by atoms with Crippen LogP contribution >= 0.6 is 23.5 Å². The molecule has 18 heavy (non-hydrogen) atoms. The lowest BCUT2D eigenvalue weighted by Gasteiger charge is -2.05. The third-order valence-electron chi connectivity index (χ3n) is 2.37. The van der Waals surface area contributed by atoms with Gasteiger partial charge >= 0.3 is 0 Å². The summed E-state index contributed by atoms with van der Waals surface area (Å²) in [6.07, 6.45) is 0. The highest BCUT2D eigenvalue weighted by atomic mass is 32.2. The molecule has 0 heterocycles. The summed E-state index contributed by atoms with van der Waals surface area (Å²) in [5.74, 6) is 1.98. The van der Waals surface area contributed by atoms with E-state index < -0.39 is 0 Å². The lowest BCUT2D eigenvalue weighted by atomic mass is 10.4. The minimum Gasteiger partial charge on any atom is -0.122 e. The summed E-state index contributed by atoms with van der Waals surface area (Å²) in [7, 11) is 0. The fourth-order valence-corrected chi connectivity index (χ4v) is 3.22. The molecule has 0 fully saturated rings. The van der Waals surface area contributed by atoms with Crippen LogP contribution in [0.1, 0.15) is 0 Å². The van der Waals surface area contributed by atoms with Crippen molar-refractivity contribution in [2.24, 2.45) is 0 Å². The predicted molar refractivity (Wildman–Crippen MR) is 83.5 cm³/mol. The first-order valence-corrected chi connectivity index (χ1v) is 7.84. The second-order valence-corrected chi connectivity index (χ2v) is 6.05. The van der Waals surface area contributed by atoms with Gasteiger partial charge in [0.25, 0.3) is 0 Å². The number of hydrogen-bond acceptors (Lipinski definition) is 2. The van der Waals surface area contributed by atoms with Gasteiger partial charge in [0.05, 0.1) is 0 Å². The van der Waals surface area contributed by atoms with E-state index in [1.165, 1.54) is 15.4 Å². The topological polar surface area (TPSA) is 0 Å². The predicted octanol–water partition coefficient (Wildman–Crippen LogP) is 5.13. The van der Waals surface area contributed by atoms with Crippen LogP contribution in [0.3, 0.4) is 0 Å². The Balaban J connectivity index is 1.73. The molecule has 0 spiro atoms. The van der Waals surface area contributed by atoms with E-state index >= 15 is 0 Å². The molecule has 0 nitrogen and oxygen atoms in total. The lowest BCUT2D eigenvalue weighted by Crippen LogP contribution is -1.89. The summed E-state index contributed by atoms with van der Waals surface area (Å²) < 4.78 is 0. The molecule has 0 radical (unpaired) electrons. The van der Waals surface area contributed by atoms with Gasteiger partial charge in [-0.1, -0.05) is 48.6 Å². The fraction of sp³-hybridized carbons (Fsp3) is 0.125. The van der Waals surface area contributed by atoms with Gasteiger partial charge in [0.15, 0.2) is 0 Å². The molecule has 92 valence electrons. The third-order valence-corrected chi connectivity index (χ3v) is 4.69. The minimum atomic E-state index is 0.990. The highest BCUT2D eigenvalue weighted by Gasteiger charge is 1.99. The molecule has 0 aliphatic rings. The highest BCUT2D eigenvalue weighted by Crippen LogP contribution is 2.24. The van der Waals surface area contributed by atoms with E-state index in [-0.39, 0.29) is 0 Å². The first-order chi connectivity index (χ1) is 8.84. The Kier molecular flexibility index (Phi) is 5.43. The zero-order valence-corrected chi connectivity index (χ0v) is 11.8. The van der Waals surface area contributed by atoms with Crippen molar-refractivity contribution in [3.8, 4) is 0 Å². The summed E-state index contributed by atoms with van der Waals surface area (Å²) in [5.41, 5.74) is 1.28. The van der Waals surface area contributed by atoms with Crippen LogP contribution in [-0.2, 0) is 0 Å². The van der Waals surface area contributed by atoms with Gasteiger partial charge in [0, 0.05) is 21.3 Å². The Morgan fingerprint density at radius 2 is 1.11 bits per heavy atom. The van der Waals surface area contributed by atoms with Crippen molar-refractivity contribution in [3.05, 3.63) is 72.8 Å². The number of hydrogen-bond donors (Lipinski definition) is 0. The van der Waals surface area contributed by atoms with E-state index in [0.29, 0.717) is 0 Å². The maximum Gasteiger partial charge on any atom is 0.0196 e. The summed E-state index contributed by atoms with van der Waals surface area (Å²) in [5, 5.41) is 0. The zero-order chi connectivity index (χ0) is 12.6. The SMILES string of the molecule is C=C(CSc1ccccc1)CSc1ccccc1. The average molecular weight is 272 g/mol. The standard InChI is InChI=1S/C16H16S2/c1-14(12-17-15-8-4-2-5-9-15)13-18-16-10-6-3-7-11-16/h2-11H,1,12-13H2. The molecule has 0 atom stereocenters. The van der Waals surface area contributed by atoms with Crippen LogP contribution in [0.4, 0.5) is 0 Å². The molecule has 0 bridgehead atoms. The van der Waals surface area contributed by atoms with Crippen molar-refractivity contribution in [2.45, 2.75) is 9.79 Å². The van der Waals surface area contributed by atoms with Crippen LogP contribution in [-0.4, -0.2) is 11.5 Å². The zero-order valence-electron chi connectivity index (χ0n) is 10.2. The third kappa shape index (κ3) is 4.63. The van der Waals surface area contributed by atoms with Crippen molar-refractivity contribution in [1.29, 1.82) is 0 Å². The van der Waals surface area contributed by atoms with Crippen LogP contribution < -0.4 is 0 Å². The van der Waals surface area contributed by atoms with Crippen molar-refractivity contribution in [3.63, 3.8) is 0 Å². The van der Waals surface area contributed by atoms with Crippen LogP contribution in [0.15, 0.2) is 82.6 Å². The summed E-state index contributed by atoms with van der Waals surface area (Å²) in [6.45, 7) is 4.14. The Hall–Kier alpha value is -1.12. The number of thioether (sulfide) groups is 2. The van der Waals surface area contributed by atoms with Gasteiger partial charge in [0.2, 0.25) is 0 Å². The molecule has 0 N–H and O–H groups in total. The van der Waals surface area contributed by atoms with Crippen LogP contribution in [0.2, 0.25) is 0 Å². The lowest BCUT2D eigenvalue weighted by molar-refractivity contribution is 1.39. The molecule has 2 rings (SSSR count). The average Bonchev–Trinajstić information content (AvgIpc) is 2.45. The summed E-state index contributed by atoms with van der Waals surface area (Å²) in [4.78, 5) is 2.62. The van der Waals surface area contributed by atoms with Gasteiger partial charge in [-0.05, 0) is 24.3 Å². The van der Waals surface area contributed by atoms with Crippen LogP contribution in [0.5, 0.6) is 0 Å². The van der Waals surface area contributed by atoms with E-state index in [9.17, 15) is 0 Å². The largest absolute Gasteiger partial charge is 0.122 e. The monoisotopic (exact) mass is 272 g/mol. The fourth-order valence-electron chi connectivity index (χ4n) is 1.45. The van der Waals surface area contributed by atoms with Gasteiger partial charge in [-0.25, -0.2) is 0 Å². The second-order valence-electron chi connectivity index (χ2n) is 3.95. The number of benzene rings is 2. The van der Waals surface area contributed by atoms with E-state index in [4.69, 9.17) is 0 Å². The second kappa shape index (κ2) is 7.34. The Labute approximate surface area is 118 Å². The Morgan fingerprint density at radius 1 is 0.722 bits per heavy atom. The van der Waals surface area contributed by atoms with Crippen LogP contribution in [0, 0.1) is 0 Å². The molecule has 0 aliphatic carbocycles. The van der Waals surface area contributed by atoms with Gasteiger partial charge in [0.1, 0.15) is 0 Å². The molecule has 2 aromatic rings. The molecular formula is C16H16S2. The Bertz CT molecular complexity index is 431. The molecule has 0 aliphatic heterocycles. The van der Waals surface area contributed by atoms with Crippen molar-refractivity contribution < 1.29 is 0 Å². The molecular weight excluding hydrogens is 256 g/mol. The molecule has 2 heteroatoms. The maximum atomic E-state index is 4.14. The Morgan fingerprint density at radius 3 is 1.50 bits per heavy atom.